The van der Waals surface area contributed by atoms with Gasteiger partial charge in [0.05, 0.1) is 36.7 Å². The topological polar surface area (TPSA) is 110 Å². The maximum absolute atomic E-state index is 10.9. The molecule has 3 unspecified atom stereocenters. The van der Waals surface area contributed by atoms with Crippen molar-refractivity contribution < 1.29 is 14.9 Å². The summed E-state index contributed by atoms with van der Waals surface area (Å²) in [6.45, 7) is 3.55. The molecule has 0 aliphatic heterocycles. The van der Waals surface area contributed by atoms with E-state index in [0.717, 1.165) is 0 Å². The van der Waals surface area contributed by atoms with Gasteiger partial charge in [0, 0.05) is 29.2 Å². The van der Waals surface area contributed by atoms with Crippen LogP contribution < -0.4 is 10.1 Å². The summed E-state index contributed by atoms with van der Waals surface area (Å²) in [5.41, 5.74) is 2.76. The van der Waals surface area contributed by atoms with E-state index >= 15 is 0 Å². The van der Waals surface area contributed by atoms with Gasteiger partial charge in [0.15, 0.2) is 11.9 Å². The summed E-state index contributed by atoms with van der Waals surface area (Å²) in [4.78, 5) is 4.29. The third kappa shape index (κ3) is 4.07. The van der Waals surface area contributed by atoms with Crippen LogP contribution in [0.4, 0.5) is 5.69 Å². The van der Waals surface area contributed by atoms with Crippen LogP contribution in [0.25, 0.3) is 16.9 Å². The molecule has 10 heteroatoms. The molecule has 3 N–H and O–H groups in total. The molecule has 4 aromatic rings. The summed E-state index contributed by atoms with van der Waals surface area (Å²) in [6.07, 6.45) is 4.95. The maximum Gasteiger partial charge on any atom is 0.162 e. The molecule has 162 valence electrons. The van der Waals surface area contributed by atoms with Gasteiger partial charge in [0.2, 0.25) is 0 Å². The van der Waals surface area contributed by atoms with Gasteiger partial charge in [-0.2, -0.15) is 10.2 Å². The van der Waals surface area contributed by atoms with Crippen LogP contribution in [0, 0.1) is 0 Å². The Morgan fingerprint density at radius 2 is 2.03 bits per heavy atom. The van der Waals surface area contributed by atoms with Crippen molar-refractivity contribution in [2.45, 2.75) is 32.2 Å². The SMILES string of the molecule is COc1ccc(Cl)cc1-c1nn(C(C)C(C)O)cc1NC(O)c1cnn2cccnc12. The molecule has 0 fully saturated rings. The minimum atomic E-state index is -1.10. The second-order valence-electron chi connectivity index (χ2n) is 7.23. The number of nitrogens with one attached hydrogen (secondary N) is 1. The van der Waals surface area contributed by atoms with Gasteiger partial charge >= 0.3 is 0 Å². The molecule has 3 atom stereocenters. The van der Waals surface area contributed by atoms with E-state index in [9.17, 15) is 10.2 Å². The second kappa shape index (κ2) is 8.54. The van der Waals surface area contributed by atoms with Crippen LogP contribution in [0.5, 0.6) is 5.75 Å². The van der Waals surface area contributed by atoms with Gasteiger partial charge in [-0.25, -0.2) is 9.50 Å². The lowest BCUT2D eigenvalue weighted by atomic mass is 10.1. The molecular weight excluding hydrogens is 420 g/mol. The highest BCUT2D eigenvalue weighted by atomic mass is 35.5. The molecule has 0 spiro atoms. The number of nitrogens with zero attached hydrogens (tertiary/aromatic N) is 5. The summed E-state index contributed by atoms with van der Waals surface area (Å²) >= 11 is 6.23. The number of hydrogen-bond acceptors (Lipinski definition) is 7. The number of anilines is 1. The van der Waals surface area contributed by atoms with Gasteiger partial charge in [-0.1, -0.05) is 11.6 Å². The molecule has 4 rings (SSSR count). The number of ether oxygens (including phenoxy) is 1. The van der Waals surface area contributed by atoms with E-state index in [1.54, 1.807) is 72.3 Å². The van der Waals surface area contributed by atoms with Crippen LogP contribution in [-0.4, -0.2) is 47.8 Å². The lowest BCUT2D eigenvalue weighted by molar-refractivity contribution is 0.132. The Morgan fingerprint density at radius 1 is 1.23 bits per heavy atom. The average Bonchev–Trinajstić information content (AvgIpc) is 3.37. The van der Waals surface area contributed by atoms with E-state index < -0.39 is 12.3 Å². The number of benzene rings is 1. The van der Waals surface area contributed by atoms with E-state index in [1.807, 2.05) is 6.92 Å². The summed E-state index contributed by atoms with van der Waals surface area (Å²) in [7, 11) is 1.56. The molecule has 0 amide bonds. The number of hydrogen-bond donors (Lipinski definition) is 3. The average molecular weight is 443 g/mol. The normalized spacial score (nSPS) is 14.4. The van der Waals surface area contributed by atoms with Crippen LogP contribution >= 0.6 is 11.6 Å². The number of halogens is 1. The lowest BCUT2D eigenvalue weighted by Crippen LogP contribution is -2.18. The molecule has 0 aliphatic rings. The molecular formula is C21H23ClN6O3. The van der Waals surface area contributed by atoms with Crippen molar-refractivity contribution in [3.05, 3.63) is 59.6 Å². The summed E-state index contributed by atoms with van der Waals surface area (Å²) in [5.74, 6) is 0.578. The molecule has 31 heavy (non-hydrogen) atoms. The fraction of sp³-hybridized carbons (Fsp3) is 0.286. The van der Waals surface area contributed by atoms with E-state index in [-0.39, 0.29) is 6.04 Å². The van der Waals surface area contributed by atoms with E-state index in [0.29, 0.717) is 38.9 Å². The van der Waals surface area contributed by atoms with Gasteiger partial charge in [0.1, 0.15) is 11.4 Å². The Morgan fingerprint density at radius 3 is 2.77 bits per heavy atom. The van der Waals surface area contributed by atoms with Crippen molar-refractivity contribution in [2.75, 3.05) is 12.4 Å². The number of rotatable bonds is 7. The number of aliphatic hydroxyl groups is 2. The first kappa shape index (κ1) is 21.1. The fourth-order valence-corrected chi connectivity index (χ4v) is 3.43. The van der Waals surface area contributed by atoms with Crippen molar-refractivity contribution in [3.63, 3.8) is 0 Å². The molecule has 0 radical (unpaired) electrons. The standard InChI is InChI=1S/C21H23ClN6O3/c1-12(13(2)29)28-11-17(19(26-28)15-9-14(22)5-6-18(15)31-3)25-21(30)16-10-24-27-8-4-7-23-20(16)27/h4-13,21,25,29-30H,1-3H3. The highest BCUT2D eigenvalue weighted by Crippen LogP contribution is 2.38. The van der Waals surface area contributed by atoms with Crippen LogP contribution in [0.1, 0.15) is 31.7 Å². The van der Waals surface area contributed by atoms with Crippen molar-refractivity contribution in [3.8, 4) is 17.0 Å². The first-order valence-electron chi connectivity index (χ1n) is 9.73. The predicted molar refractivity (Wildman–Crippen MR) is 117 cm³/mol. The van der Waals surface area contributed by atoms with Crippen LogP contribution in [0.2, 0.25) is 5.02 Å². The highest BCUT2D eigenvalue weighted by Gasteiger charge is 2.23. The molecule has 0 aliphatic carbocycles. The highest BCUT2D eigenvalue weighted by molar-refractivity contribution is 6.31. The maximum atomic E-state index is 10.9. The molecule has 0 saturated heterocycles. The summed E-state index contributed by atoms with van der Waals surface area (Å²) in [6, 6.07) is 6.69. The summed E-state index contributed by atoms with van der Waals surface area (Å²) in [5, 5.41) is 33.5. The van der Waals surface area contributed by atoms with Gasteiger partial charge < -0.3 is 20.3 Å². The third-order valence-corrected chi connectivity index (χ3v) is 5.39. The van der Waals surface area contributed by atoms with Crippen LogP contribution in [-0.2, 0) is 0 Å². The van der Waals surface area contributed by atoms with Crippen molar-refractivity contribution >= 4 is 22.9 Å². The molecule has 3 heterocycles. The Hall–Kier alpha value is -3.14. The number of fused-ring (bicyclic) bond motifs is 1. The smallest absolute Gasteiger partial charge is 0.162 e. The van der Waals surface area contributed by atoms with Crippen LogP contribution in [0.15, 0.2) is 49.1 Å². The lowest BCUT2D eigenvalue weighted by Gasteiger charge is -2.15. The van der Waals surface area contributed by atoms with Crippen molar-refractivity contribution in [1.82, 2.24) is 24.4 Å². The number of aromatic nitrogens is 5. The van der Waals surface area contributed by atoms with E-state index in [4.69, 9.17) is 16.3 Å². The quantitative estimate of drug-likeness (QED) is 0.377. The Balaban J connectivity index is 1.78. The number of aliphatic hydroxyl groups excluding tert-OH is 2. The van der Waals surface area contributed by atoms with E-state index in [1.165, 1.54) is 0 Å². The third-order valence-electron chi connectivity index (χ3n) is 5.16. The zero-order valence-electron chi connectivity index (χ0n) is 17.3. The monoisotopic (exact) mass is 442 g/mol. The second-order valence-corrected chi connectivity index (χ2v) is 7.67. The zero-order valence-corrected chi connectivity index (χ0v) is 18.0. The Bertz CT molecular complexity index is 1210. The Kier molecular flexibility index (Phi) is 5.81. The first-order valence-corrected chi connectivity index (χ1v) is 10.1. The summed E-state index contributed by atoms with van der Waals surface area (Å²) < 4.78 is 8.72. The predicted octanol–water partition coefficient (Wildman–Crippen LogP) is 3.30. The minimum Gasteiger partial charge on any atom is -0.496 e. The molecule has 0 saturated carbocycles. The number of methoxy groups -OCH3 is 1. The largest absolute Gasteiger partial charge is 0.496 e. The van der Waals surface area contributed by atoms with Gasteiger partial charge in [0.25, 0.3) is 0 Å². The molecule has 3 aromatic heterocycles. The Labute approximate surface area is 183 Å². The fourth-order valence-electron chi connectivity index (χ4n) is 3.25. The van der Waals surface area contributed by atoms with Gasteiger partial charge in [-0.3, -0.25) is 4.68 Å². The van der Waals surface area contributed by atoms with Gasteiger partial charge in [-0.15, -0.1) is 0 Å². The molecule has 1 aromatic carbocycles. The van der Waals surface area contributed by atoms with Crippen molar-refractivity contribution in [1.29, 1.82) is 0 Å². The first-order chi connectivity index (χ1) is 14.9. The van der Waals surface area contributed by atoms with Crippen LogP contribution in [0.3, 0.4) is 0 Å². The van der Waals surface area contributed by atoms with Crippen molar-refractivity contribution in [2.24, 2.45) is 0 Å². The van der Waals surface area contributed by atoms with Gasteiger partial charge in [-0.05, 0) is 38.1 Å². The zero-order chi connectivity index (χ0) is 22.1. The molecule has 9 nitrogen and oxygen atoms in total. The molecule has 0 bridgehead atoms. The minimum absolute atomic E-state index is 0.296. The van der Waals surface area contributed by atoms with E-state index in [2.05, 4.69) is 20.5 Å².